The van der Waals surface area contributed by atoms with Crippen LogP contribution in [0.3, 0.4) is 0 Å². The van der Waals surface area contributed by atoms with Crippen LogP contribution < -0.4 is 14.4 Å². The van der Waals surface area contributed by atoms with Gasteiger partial charge in [0.05, 0.1) is 38.9 Å². The molecule has 3 aromatic heterocycles. The first-order valence-corrected chi connectivity index (χ1v) is 9.58. The van der Waals surface area contributed by atoms with Gasteiger partial charge in [0.15, 0.2) is 28.8 Å². The molecule has 0 aliphatic carbocycles. The Kier molecular flexibility index (Phi) is 5.82. The number of aromatic nitrogens is 5. The van der Waals surface area contributed by atoms with Gasteiger partial charge in [0.1, 0.15) is 17.0 Å². The molecule has 9 nitrogen and oxygen atoms in total. The van der Waals surface area contributed by atoms with Crippen LogP contribution in [0, 0.1) is 11.6 Å². The third kappa shape index (κ3) is 3.78. The van der Waals surface area contributed by atoms with E-state index in [-0.39, 0.29) is 36.1 Å². The highest BCUT2D eigenvalue weighted by Crippen LogP contribution is 2.39. The molecule has 0 bridgehead atoms. The van der Waals surface area contributed by atoms with Gasteiger partial charge < -0.3 is 19.5 Å². The van der Waals surface area contributed by atoms with Crippen LogP contribution in [0.2, 0.25) is 0 Å². The number of ether oxygens (including phenoxy) is 2. The summed E-state index contributed by atoms with van der Waals surface area (Å²) in [6.45, 7) is -0.530. The van der Waals surface area contributed by atoms with Gasteiger partial charge in [0, 0.05) is 31.4 Å². The minimum Gasteiger partial charge on any atom is -0.493 e. The van der Waals surface area contributed by atoms with E-state index in [9.17, 15) is 5.11 Å². The SMILES string of the molecule is COc1cc(OC)c(F)c(N(CCO)c2ccc3ncc(-c4cnn(C)c4)nc3n2)c1F. The lowest BCUT2D eigenvalue weighted by Gasteiger charge is -2.25. The smallest absolute Gasteiger partial charge is 0.191 e. The Bertz CT molecular complexity index is 1250. The van der Waals surface area contributed by atoms with Crippen molar-refractivity contribution >= 4 is 22.7 Å². The Morgan fingerprint density at radius 3 is 2.38 bits per heavy atom. The highest BCUT2D eigenvalue weighted by Gasteiger charge is 2.26. The molecule has 4 rings (SSSR count). The number of halogens is 2. The van der Waals surface area contributed by atoms with E-state index in [0.717, 1.165) is 11.6 Å². The van der Waals surface area contributed by atoms with Crippen molar-refractivity contribution in [1.29, 1.82) is 0 Å². The lowest BCUT2D eigenvalue weighted by molar-refractivity contribution is 0.304. The third-order valence-electron chi connectivity index (χ3n) is 4.81. The maximum absolute atomic E-state index is 15.1. The predicted octanol–water partition coefficient (Wildman–Crippen LogP) is 2.85. The summed E-state index contributed by atoms with van der Waals surface area (Å²) in [6.07, 6.45) is 5.02. The highest BCUT2D eigenvalue weighted by molar-refractivity contribution is 5.77. The maximum atomic E-state index is 15.1. The molecule has 4 aromatic rings. The molecular formula is C21H20F2N6O3. The topological polar surface area (TPSA) is 98.4 Å². The number of anilines is 2. The number of aliphatic hydroxyl groups is 1. The summed E-state index contributed by atoms with van der Waals surface area (Å²) in [5, 5.41) is 13.7. The zero-order chi connectivity index (χ0) is 22.8. The van der Waals surface area contributed by atoms with E-state index in [0.29, 0.717) is 11.2 Å². The van der Waals surface area contributed by atoms with E-state index in [4.69, 9.17) is 9.47 Å². The van der Waals surface area contributed by atoms with Crippen molar-refractivity contribution in [3.63, 3.8) is 0 Å². The highest BCUT2D eigenvalue weighted by atomic mass is 19.1. The van der Waals surface area contributed by atoms with E-state index < -0.39 is 17.3 Å². The molecule has 32 heavy (non-hydrogen) atoms. The molecule has 3 heterocycles. The summed E-state index contributed by atoms with van der Waals surface area (Å²) in [4.78, 5) is 14.5. The van der Waals surface area contributed by atoms with E-state index in [1.807, 2.05) is 0 Å². The van der Waals surface area contributed by atoms with Crippen LogP contribution in [0.15, 0.2) is 36.8 Å². The second kappa shape index (κ2) is 8.71. The second-order valence-electron chi connectivity index (χ2n) is 6.80. The first kappa shape index (κ1) is 21.4. The molecule has 166 valence electrons. The Morgan fingerprint density at radius 2 is 1.78 bits per heavy atom. The zero-order valence-corrected chi connectivity index (χ0v) is 17.6. The Hall–Kier alpha value is -3.86. The molecule has 1 N–H and O–H groups in total. The van der Waals surface area contributed by atoms with Gasteiger partial charge in [-0.3, -0.25) is 9.67 Å². The normalized spacial score (nSPS) is 11.1. The number of methoxy groups -OCH3 is 2. The van der Waals surface area contributed by atoms with Crippen molar-refractivity contribution in [3.8, 4) is 22.8 Å². The molecule has 0 unspecified atom stereocenters. The van der Waals surface area contributed by atoms with Crippen molar-refractivity contribution in [2.45, 2.75) is 0 Å². The molecule has 0 aliphatic heterocycles. The van der Waals surface area contributed by atoms with Gasteiger partial charge in [0.25, 0.3) is 0 Å². The van der Waals surface area contributed by atoms with Gasteiger partial charge in [0.2, 0.25) is 0 Å². The van der Waals surface area contributed by atoms with Crippen LogP contribution in [0.25, 0.3) is 22.4 Å². The van der Waals surface area contributed by atoms with E-state index in [2.05, 4.69) is 20.1 Å². The Labute approximate surface area is 181 Å². The summed E-state index contributed by atoms with van der Waals surface area (Å²) in [5.74, 6) is -2.15. The molecule has 0 spiro atoms. The van der Waals surface area contributed by atoms with Gasteiger partial charge >= 0.3 is 0 Å². The Morgan fingerprint density at radius 1 is 1.06 bits per heavy atom. The summed E-state index contributed by atoms with van der Waals surface area (Å²) < 4.78 is 41.9. The molecule has 0 radical (unpaired) electrons. The number of nitrogens with zero attached hydrogens (tertiary/aromatic N) is 6. The van der Waals surface area contributed by atoms with Crippen molar-refractivity contribution < 1.29 is 23.4 Å². The van der Waals surface area contributed by atoms with Crippen molar-refractivity contribution in [1.82, 2.24) is 24.7 Å². The molecule has 0 saturated carbocycles. The van der Waals surface area contributed by atoms with Gasteiger partial charge in [-0.05, 0) is 12.1 Å². The van der Waals surface area contributed by atoms with Gasteiger partial charge in [-0.25, -0.2) is 18.7 Å². The van der Waals surface area contributed by atoms with Crippen LogP contribution in [0.5, 0.6) is 11.5 Å². The standard InChI is InChI=1S/C21H20F2N6O3/c1-28-11-12(9-25-28)14-10-24-13-4-5-17(27-21(13)26-14)29(6-7-30)20-18(22)15(31-2)8-16(32-3)19(20)23/h4-5,8-11,30H,6-7H2,1-3H3. The fraction of sp³-hybridized carbons (Fsp3) is 0.238. The molecule has 11 heteroatoms. The number of aliphatic hydroxyl groups excluding tert-OH is 1. The van der Waals surface area contributed by atoms with Gasteiger partial charge in [-0.15, -0.1) is 0 Å². The number of hydrogen-bond donors (Lipinski definition) is 1. The molecule has 0 saturated heterocycles. The average Bonchev–Trinajstić information content (AvgIpc) is 3.24. The minimum absolute atomic E-state index is 0.140. The lowest BCUT2D eigenvalue weighted by atomic mass is 10.2. The van der Waals surface area contributed by atoms with Crippen LogP contribution >= 0.6 is 0 Å². The molecule has 1 aromatic carbocycles. The summed E-state index contributed by atoms with van der Waals surface area (Å²) in [5.41, 5.74) is 1.59. The fourth-order valence-electron chi connectivity index (χ4n) is 3.28. The van der Waals surface area contributed by atoms with Crippen LogP contribution in [-0.4, -0.2) is 57.2 Å². The molecule has 0 atom stereocenters. The number of hydrogen-bond acceptors (Lipinski definition) is 8. The van der Waals surface area contributed by atoms with Crippen molar-refractivity contribution in [3.05, 3.63) is 48.4 Å². The quantitative estimate of drug-likeness (QED) is 0.467. The molecule has 0 fully saturated rings. The van der Waals surface area contributed by atoms with Gasteiger partial charge in [-0.1, -0.05) is 0 Å². The molecule has 0 amide bonds. The summed E-state index contributed by atoms with van der Waals surface area (Å²) in [6, 6.07) is 4.29. The van der Waals surface area contributed by atoms with Crippen LogP contribution in [0.1, 0.15) is 0 Å². The first-order chi connectivity index (χ1) is 15.5. The summed E-state index contributed by atoms with van der Waals surface area (Å²) >= 11 is 0. The Balaban J connectivity index is 1.86. The minimum atomic E-state index is -0.948. The van der Waals surface area contributed by atoms with E-state index >= 15 is 8.78 Å². The number of aryl methyl sites for hydroxylation is 1. The first-order valence-electron chi connectivity index (χ1n) is 9.58. The maximum Gasteiger partial charge on any atom is 0.191 e. The zero-order valence-electron chi connectivity index (χ0n) is 17.6. The third-order valence-corrected chi connectivity index (χ3v) is 4.81. The summed E-state index contributed by atoms with van der Waals surface area (Å²) in [7, 11) is 4.31. The van der Waals surface area contributed by atoms with Crippen LogP contribution in [-0.2, 0) is 7.05 Å². The number of fused-ring (bicyclic) bond motifs is 1. The predicted molar refractivity (Wildman–Crippen MR) is 113 cm³/mol. The average molecular weight is 442 g/mol. The van der Waals surface area contributed by atoms with E-state index in [1.54, 1.807) is 42.5 Å². The van der Waals surface area contributed by atoms with Crippen molar-refractivity contribution in [2.24, 2.45) is 7.05 Å². The van der Waals surface area contributed by atoms with E-state index in [1.165, 1.54) is 19.1 Å². The number of rotatable bonds is 7. The lowest BCUT2D eigenvalue weighted by Crippen LogP contribution is -2.25. The monoisotopic (exact) mass is 442 g/mol. The van der Waals surface area contributed by atoms with Crippen molar-refractivity contribution in [2.75, 3.05) is 32.3 Å². The number of pyridine rings is 1. The van der Waals surface area contributed by atoms with Crippen LogP contribution in [0.4, 0.5) is 20.3 Å². The second-order valence-corrected chi connectivity index (χ2v) is 6.80. The largest absolute Gasteiger partial charge is 0.493 e. The molecule has 0 aliphatic rings. The number of benzene rings is 1. The molecular weight excluding hydrogens is 422 g/mol. The van der Waals surface area contributed by atoms with Gasteiger partial charge in [-0.2, -0.15) is 5.10 Å². The fourth-order valence-corrected chi connectivity index (χ4v) is 3.28.